The number of likely N-dealkylation sites (tertiary alicyclic amines) is 1. The molecule has 1 fully saturated rings. The zero-order valence-electron chi connectivity index (χ0n) is 16.4. The number of carbonyl (C=O) groups excluding carboxylic acids is 2. The van der Waals surface area contributed by atoms with Crippen LogP contribution >= 0.6 is 0 Å². The van der Waals surface area contributed by atoms with Crippen molar-refractivity contribution >= 4 is 11.7 Å². The van der Waals surface area contributed by atoms with Crippen molar-refractivity contribution in [2.75, 3.05) is 26.7 Å². The molecule has 0 aliphatic carbocycles. The van der Waals surface area contributed by atoms with Crippen LogP contribution in [-0.2, 0) is 0 Å². The standard InChI is InChI=1S/C23H28N2O2/c1-16-10-11-17(2)21(13-16)22(26)19-8-4-5-9-20(19)23(27)25-12-6-7-18(15-25)14-24-3/h4-5,8-11,13,18,24H,6-7,12,14-15H2,1-3H3. The van der Waals surface area contributed by atoms with Crippen molar-refractivity contribution in [3.05, 3.63) is 70.3 Å². The van der Waals surface area contributed by atoms with Crippen LogP contribution in [0.1, 0.15) is 50.2 Å². The zero-order valence-corrected chi connectivity index (χ0v) is 16.4. The Morgan fingerprint density at radius 3 is 2.56 bits per heavy atom. The summed E-state index contributed by atoms with van der Waals surface area (Å²) in [6, 6.07) is 13.1. The molecular formula is C23H28N2O2. The van der Waals surface area contributed by atoms with E-state index in [4.69, 9.17) is 0 Å². The van der Waals surface area contributed by atoms with Crippen molar-refractivity contribution in [1.29, 1.82) is 0 Å². The molecular weight excluding hydrogens is 336 g/mol. The van der Waals surface area contributed by atoms with E-state index in [1.54, 1.807) is 12.1 Å². The maximum Gasteiger partial charge on any atom is 0.254 e. The van der Waals surface area contributed by atoms with E-state index in [9.17, 15) is 9.59 Å². The van der Waals surface area contributed by atoms with E-state index in [1.807, 2.05) is 56.1 Å². The predicted octanol–water partition coefficient (Wildman–Crippen LogP) is 3.61. The molecule has 1 heterocycles. The normalized spacial score (nSPS) is 17.0. The first-order chi connectivity index (χ1) is 13.0. The first-order valence-electron chi connectivity index (χ1n) is 9.66. The second kappa shape index (κ2) is 8.49. The smallest absolute Gasteiger partial charge is 0.254 e. The highest BCUT2D eigenvalue weighted by Gasteiger charge is 2.27. The van der Waals surface area contributed by atoms with Crippen LogP contribution in [0.15, 0.2) is 42.5 Å². The predicted molar refractivity (Wildman–Crippen MR) is 108 cm³/mol. The van der Waals surface area contributed by atoms with E-state index in [0.29, 0.717) is 22.6 Å². The molecule has 1 amide bonds. The third-order valence-corrected chi connectivity index (χ3v) is 5.34. The first kappa shape index (κ1) is 19.3. The average Bonchev–Trinajstić information content (AvgIpc) is 2.69. The van der Waals surface area contributed by atoms with Gasteiger partial charge in [-0.05, 0) is 63.9 Å². The Kier molecular flexibility index (Phi) is 6.07. The molecule has 4 heteroatoms. The van der Waals surface area contributed by atoms with Gasteiger partial charge >= 0.3 is 0 Å². The summed E-state index contributed by atoms with van der Waals surface area (Å²) in [5, 5.41) is 3.21. The molecule has 27 heavy (non-hydrogen) atoms. The number of piperidine rings is 1. The maximum atomic E-state index is 13.2. The van der Waals surface area contributed by atoms with Crippen molar-refractivity contribution in [1.82, 2.24) is 10.2 Å². The van der Waals surface area contributed by atoms with Crippen LogP contribution in [0.2, 0.25) is 0 Å². The van der Waals surface area contributed by atoms with Gasteiger partial charge in [-0.2, -0.15) is 0 Å². The second-order valence-electron chi connectivity index (χ2n) is 7.51. The SMILES string of the molecule is CNCC1CCCN(C(=O)c2ccccc2C(=O)c2cc(C)ccc2C)C1. The molecule has 2 aromatic rings. The highest BCUT2D eigenvalue weighted by Crippen LogP contribution is 2.23. The van der Waals surface area contributed by atoms with Gasteiger partial charge in [-0.1, -0.05) is 35.9 Å². The van der Waals surface area contributed by atoms with Crippen LogP contribution < -0.4 is 5.32 Å². The average molecular weight is 364 g/mol. The molecule has 0 bridgehead atoms. The summed E-state index contributed by atoms with van der Waals surface area (Å²) in [5.41, 5.74) is 3.64. The van der Waals surface area contributed by atoms with Crippen molar-refractivity contribution in [2.45, 2.75) is 26.7 Å². The Morgan fingerprint density at radius 2 is 1.81 bits per heavy atom. The summed E-state index contributed by atoms with van der Waals surface area (Å²) >= 11 is 0. The Balaban J connectivity index is 1.90. The Hall–Kier alpha value is -2.46. The number of benzene rings is 2. The first-order valence-corrected chi connectivity index (χ1v) is 9.66. The van der Waals surface area contributed by atoms with Crippen LogP contribution in [-0.4, -0.2) is 43.3 Å². The summed E-state index contributed by atoms with van der Waals surface area (Å²) in [6.07, 6.45) is 2.14. The maximum absolute atomic E-state index is 13.2. The van der Waals surface area contributed by atoms with E-state index >= 15 is 0 Å². The third kappa shape index (κ3) is 4.28. The number of aryl methyl sites for hydroxylation is 2. The molecule has 1 saturated heterocycles. The summed E-state index contributed by atoms with van der Waals surface area (Å²) in [6.45, 7) is 6.32. The molecule has 1 aliphatic heterocycles. The summed E-state index contributed by atoms with van der Waals surface area (Å²) in [7, 11) is 1.94. The fourth-order valence-electron chi connectivity index (χ4n) is 3.87. The van der Waals surface area contributed by atoms with Gasteiger partial charge in [0.25, 0.3) is 5.91 Å². The quantitative estimate of drug-likeness (QED) is 0.825. The van der Waals surface area contributed by atoms with Gasteiger partial charge in [-0.15, -0.1) is 0 Å². The van der Waals surface area contributed by atoms with Gasteiger partial charge in [0.1, 0.15) is 0 Å². The lowest BCUT2D eigenvalue weighted by Crippen LogP contribution is -2.42. The Labute approximate surface area is 161 Å². The largest absolute Gasteiger partial charge is 0.338 e. The highest BCUT2D eigenvalue weighted by atomic mass is 16.2. The van der Waals surface area contributed by atoms with Crippen LogP contribution in [0, 0.1) is 19.8 Å². The molecule has 0 spiro atoms. The van der Waals surface area contributed by atoms with Gasteiger partial charge in [0, 0.05) is 24.2 Å². The van der Waals surface area contributed by atoms with E-state index in [2.05, 4.69) is 5.32 Å². The fraction of sp³-hybridized carbons (Fsp3) is 0.391. The fourth-order valence-corrected chi connectivity index (χ4v) is 3.87. The number of rotatable bonds is 5. The number of hydrogen-bond acceptors (Lipinski definition) is 3. The lowest BCUT2D eigenvalue weighted by Gasteiger charge is -2.33. The van der Waals surface area contributed by atoms with Crippen molar-refractivity contribution in [2.24, 2.45) is 5.92 Å². The van der Waals surface area contributed by atoms with Crippen LogP contribution in [0.25, 0.3) is 0 Å². The van der Waals surface area contributed by atoms with Crippen molar-refractivity contribution < 1.29 is 9.59 Å². The highest BCUT2D eigenvalue weighted by molar-refractivity contribution is 6.16. The van der Waals surface area contributed by atoms with Crippen LogP contribution in [0.3, 0.4) is 0 Å². The number of hydrogen-bond donors (Lipinski definition) is 1. The topological polar surface area (TPSA) is 49.4 Å². The number of ketones is 1. The van der Waals surface area contributed by atoms with E-state index in [-0.39, 0.29) is 11.7 Å². The molecule has 1 unspecified atom stereocenters. The van der Waals surface area contributed by atoms with Gasteiger partial charge in [-0.25, -0.2) is 0 Å². The van der Waals surface area contributed by atoms with Crippen molar-refractivity contribution in [3.63, 3.8) is 0 Å². The minimum atomic E-state index is -0.0797. The van der Waals surface area contributed by atoms with Gasteiger partial charge in [0.05, 0.1) is 5.56 Å². The molecule has 0 radical (unpaired) electrons. The lowest BCUT2D eigenvalue weighted by atomic mass is 9.92. The minimum absolute atomic E-state index is 0.0370. The molecule has 142 valence electrons. The molecule has 2 aromatic carbocycles. The third-order valence-electron chi connectivity index (χ3n) is 5.34. The van der Waals surface area contributed by atoms with Gasteiger partial charge < -0.3 is 10.2 Å². The van der Waals surface area contributed by atoms with E-state index in [0.717, 1.165) is 43.6 Å². The Morgan fingerprint density at radius 1 is 1.07 bits per heavy atom. The van der Waals surface area contributed by atoms with Crippen molar-refractivity contribution in [3.8, 4) is 0 Å². The number of nitrogens with zero attached hydrogens (tertiary/aromatic N) is 1. The molecule has 0 aromatic heterocycles. The van der Waals surface area contributed by atoms with Crippen LogP contribution in [0.5, 0.6) is 0 Å². The number of nitrogens with one attached hydrogen (secondary N) is 1. The minimum Gasteiger partial charge on any atom is -0.338 e. The molecule has 3 rings (SSSR count). The Bertz CT molecular complexity index is 842. The molecule has 1 aliphatic rings. The zero-order chi connectivity index (χ0) is 19.4. The molecule has 4 nitrogen and oxygen atoms in total. The summed E-state index contributed by atoms with van der Waals surface area (Å²) in [5.74, 6) is 0.351. The van der Waals surface area contributed by atoms with Crippen LogP contribution in [0.4, 0.5) is 0 Å². The molecule has 1 N–H and O–H groups in total. The summed E-state index contributed by atoms with van der Waals surface area (Å²) in [4.78, 5) is 28.3. The van der Waals surface area contributed by atoms with Gasteiger partial charge in [-0.3, -0.25) is 9.59 Å². The molecule has 0 saturated carbocycles. The van der Waals surface area contributed by atoms with Gasteiger partial charge in [0.2, 0.25) is 0 Å². The van der Waals surface area contributed by atoms with Gasteiger partial charge in [0.15, 0.2) is 5.78 Å². The van der Waals surface area contributed by atoms with E-state index in [1.165, 1.54) is 0 Å². The lowest BCUT2D eigenvalue weighted by molar-refractivity contribution is 0.0671. The van der Waals surface area contributed by atoms with E-state index < -0.39 is 0 Å². The second-order valence-corrected chi connectivity index (χ2v) is 7.51. The summed E-state index contributed by atoms with van der Waals surface area (Å²) < 4.78 is 0. The number of carbonyl (C=O) groups is 2. The number of amides is 1. The molecule has 1 atom stereocenters. The monoisotopic (exact) mass is 364 g/mol.